The van der Waals surface area contributed by atoms with Crippen molar-refractivity contribution in [2.75, 3.05) is 6.54 Å². The van der Waals surface area contributed by atoms with Crippen molar-refractivity contribution in [3.63, 3.8) is 0 Å². The Hall–Kier alpha value is -3.41. The molecule has 1 amide bonds. The molecule has 0 fully saturated rings. The van der Waals surface area contributed by atoms with Gasteiger partial charge in [0.25, 0.3) is 5.91 Å². The van der Waals surface area contributed by atoms with Crippen LogP contribution >= 0.6 is 0 Å². The topological polar surface area (TPSA) is 77.5 Å². The number of hydrogen-bond acceptors (Lipinski definition) is 5. The standard InChI is InChI=1S/C19H18N2O4/c1-14(25-15(2)19(23)20-10-11-22)18-9-8-17(12-21-18)24-13-16-6-4-3-5-7-16/h3-9,11-12H,1-2,10,13H2,(H,20,23). The zero-order valence-corrected chi connectivity index (χ0v) is 13.6. The van der Waals surface area contributed by atoms with Crippen LogP contribution in [0.15, 0.2) is 67.6 Å². The van der Waals surface area contributed by atoms with Crippen LogP contribution in [-0.4, -0.2) is 23.7 Å². The maximum Gasteiger partial charge on any atom is 0.286 e. The Morgan fingerprint density at radius 2 is 1.92 bits per heavy atom. The molecule has 128 valence electrons. The van der Waals surface area contributed by atoms with E-state index in [9.17, 15) is 9.59 Å². The quantitative estimate of drug-likeness (QED) is 0.432. The molecule has 1 N–H and O–H groups in total. The lowest BCUT2D eigenvalue weighted by Crippen LogP contribution is -2.27. The molecule has 1 aromatic heterocycles. The Kier molecular flexibility index (Phi) is 6.47. The number of amides is 1. The molecule has 0 radical (unpaired) electrons. The van der Waals surface area contributed by atoms with Gasteiger partial charge < -0.3 is 19.6 Å². The molecule has 25 heavy (non-hydrogen) atoms. The van der Waals surface area contributed by atoms with Gasteiger partial charge in [0.15, 0.2) is 5.76 Å². The minimum atomic E-state index is -0.587. The van der Waals surface area contributed by atoms with Gasteiger partial charge in [0.2, 0.25) is 0 Å². The largest absolute Gasteiger partial charge is 0.487 e. The van der Waals surface area contributed by atoms with Crippen LogP contribution in [0, 0.1) is 0 Å². The van der Waals surface area contributed by atoms with Crippen LogP contribution in [0.2, 0.25) is 0 Å². The van der Waals surface area contributed by atoms with Crippen molar-refractivity contribution in [2.45, 2.75) is 6.61 Å². The van der Waals surface area contributed by atoms with Gasteiger partial charge in [-0.05, 0) is 17.7 Å². The van der Waals surface area contributed by atoms with Gasteiger partial charge in [0, 0.05) is 0 Å². The summed E-state index contributed by atoms with van der Waals surface area (Å²) in [5, 5.41) is 2.32. The van der Waals surface area contributed by atoms with E-state index in [1.54, 1.807) is 18.3 Å². The molecule has 6 heteroatoms. The third-order valence-electron chi connectivity index (χ3n) is 3.12. The van der Waals surface area contributed by atoms with E-state index >= 15 is 0 Å². The highest BCUT2D eigenvalue weighted by molar-refractivity contribution is 5.92. The Morgan fingerprint density at radius 1 is 1.16 bits per heavy atom. The lowest BCUT2D eigenvalue weighted by atomic mass is 10.2. The van der Waals surface area contributed by atoms with Gasteiger partial charge in [-0.3, -0.25) is 4.79 Å². The van der Waals surface area contributed by atoms with Crippen molar-refractivity contribution in [3.05, 3.63) is 78.8 Å². The van der Waals surface area contributed by atoms with E-state index in [0.29, 0.717) is 24.3 Å². The monoisotopic (exact) mass is 338 g/mol. The van der Waals surface area contributed by atoms with Crippen LogP contribution in [0.1, 0.15) is 11.3 Å². The fourth-order valence-corrected chi connectivity index (χ4v) is 1.85. The molecule has 1 aromatic carbocycles. The molecule has 0 aliphatic rings. The third kappa shape index (κ3) is 5.62. The number of aldehydes is 1. The molecule has 1 heterocycles. The average Bonchev–Trinajstić information content (AvgIpc) is 2.65. The van der Waals surface area contributed by atoms with Gasteiger partial charge in [0.05, 0.1) is 12.7 Å². The number of hydrogen-bond donors (Lipinski definition) is 1. The van der Waals surface area contributed by atoms with E-state index in [2.05, 4.69) is 23.5 Å². The highest BCUT2D eigenvalue weighted by Crippen LogP contribution is 2.18. The van der Waals surface area contributed by atoms with E-state index in [-0.39, 0.29) is 18.1 Å². The Bertz CT molecular complexity index is 755. The molecule has 0 unspecified atom stereocenters. The van der Waals surface area contributed by atoms with Crippen molar-refractivity contribution in [1.82, 2.24) is 10.3 Å². The molecule has 0 aliphatic heterocycles. The molecular formula is C19H18N2O4. The van der Waals surface area contributed by atoms with Gasteiger partial charge in [-0.1, -0.05) is 43.5 Å². The Labute approximate surface area is 145 Å². The first-order valence-corrected chi connectivity index (χ1v) is 7.51. The minimum absolute atomic E-state index is 0.112. The molecule has 0 aliphatic carbocycles. The number of pyridine rings is 1. The van der Waals surface area contributed by atoms with Crippen molar-refractivity contribution < 1.29 is 19.1 Å². The number of rotatable bonds is 9. The zero-order chi connectivity index (χ0) is 18.1. The fourth-order valence-electron chi connectivity index (χ4n) is 1.85. The van der Waals surface area contributed by atoms with Crippen LogP contribution in [-0.2, 0) is 20.9 Å². The predicted octanol–water partition coefficient (Wildman–Crippen LogP) is 2.48. The molecule has 2 aromatic rings. The predicted molar refractivity (Wildman–Crippen MR) is 93.3 cm³/mol. The van der Waals surface area contributed by atoms with E-state index in [1.807, 2.05) is 30.3 Å². The summed E-state index contributed by atoms with van der Waals surface area (Å²) in [6.45, 7) is 7.53. The number of ether oxygens (including phenoxy) is 2. The summed E-state index contributed by atoms with van der Waals surface area (Å²) in [5.74, 6) is 0.0120. The van der Waals surface area contributed by atoms with Crippen molar-refractivity contribution >= 4 is 18.0 Å². The van der Waals surface area contributed by atoms with Gasteiger partial charge in [0.1, 0.15) is 30.1 Å². The lowest BCUT2D eigenvalue weighted by molar-refractivity contribution is -0.121. The summed E-state index contributed by atoms with van der Waals surface area (Å²) in [4.78, 5) is 26.0. The van der Waals surface area contributed by atoms with Crippen LogP contribution in [0.4, 0.5) is 0 Å². The Morgan fingerprint density at radius 3 is 2.56 bits per heavy atom. The van der Waals surface area contributed by atoms with Gasteiger partial charge in [-0.25, -0.2) is 4.98 Å². The summed E-state index contributed by atoms with van der Waals surface area (Å²) in [5.41, 5.74) is 1.49. The van der Waals surface area contributed by atoms with Crippen LogP contribution in [0.5, 0.6) is 5.75 Å². The van der Waals surface area contributed by atoms with E-state index in [4.69, 9.17) is 9.47 Å². The van der Waals surface area contributed by atoms with E-state index in [1.165, 1.54) is 0 Å². The number of nitrogens with zero attached hydrogens (tertiary/aromatic N) is 1. The number of nitrogens with one attached hydrogen (secondary N) is 1. The Balaban J connectivity index is 1.88. The summed E-state index contributed by atoms with van der Waals surface area (Å²) in [7, 11) is 0. The maximum absolute atomic E-state index is 11.6. The summed E-state index contributed by atoms with van der Waals surface area (Å²) < 4.78 is 10.9. The van der Waals surface area contributed by atoms with Gasteiger partial charge in [-0.15, -0.1) is 0 Å². The zero-order valence-electron chi connectivity index (χ0n) is 13.6. The second-order valence-corrected chi connectivity index (χ2v) is 4.98. The lowest BCUT2D eigenvalue weighted by Gasteiger charge is -2.11. The molecule has 0 atom stereocenters. The van der Waals surface area contributed by atoms with Gasteiger partial charge >= 0.3 is 0 Å². The van der Waals surface area contributed by atoms with Crippen molar-refractivity contribution in [1.29, 1.82) is 0 Å². The minimum Gasteiger partial charge on any atom is -0.487 e. The van der Waals surface area contributed by atoms with Crippen LogP contribution in [0.3, 0.4) is 0 Å². The molecule has 0 saturated heterocycles. The summed E-state index contributed by atoms with van der Waals surface area (Å²) in [6, 6.07) is 13.2. The highest BCUT2D eigenvalue weighted by atomic mass is 16.5. The number of aromatic nitrogens is 1. The molecule has 0 bridgehead atoms. The maximum atomic E-state index is 11.6. The fraction of sp³-hybridized carbons (Fsp3) is 0.105. The van der Waals surface area contributed by atoms with Gasteiger partial charge in [-0.2, -0.15) is 0 Å². The SMILES string of the molecule is C=C(OC(=C)c1ccc(OCc2ccccc2)cn1)C(=O)NCC=O. The van der Waals surface area contributed by atoms with E-state index in [0.717, 1.165) is 5.56 Å². The first kappa shape index (κ1) is 17.9. The number of benzene rings is 1. The second kappa shape index (κ2) is 9.02. The van der Waals surface area contributed by atoms with Crippen molar-refractivity contribution in [3.8, 4) is 5.75 Å². The highest BCUT2D eigenvalue weighted by Gasteiger charge is 2.11. The molecule has 0 spiro atoms. The molecule has 6 nitrogen and oxygen atoms in total. The first-order valence-electron chi connectivity index (χ1n) is 7.51. The van der Waals surface area contributed by atoms with Crippen LogP contribution < -0.4 is 10.1 Å². The van der Waals surface area contributed by atoms with Crippen LogP contribution in [0.25, 0.3) is 5.76 Å². The first-order chi connectivity index (χ1) is 12.1. The number of carbonyl (C=O) groups excluding carboxylic acids is 2. The smallest absolute Gasteiger partial charge is 0.286 e. The summed E-state index contributed by atoms with van der Waals surface area (Å²) in [6.07, 6.45) is 2.11. The molecule has 2 rings (SSSR count). The number of carbonyl (C=O) groups is 2. The van der Waals surface area contributed by atoms with Crippen molar-refractivity contribution in [2.24, 2.45) is 0 Å². The average molecular weight is 338 g/mol. The summed E-state index contributed by atoms with van der Waals surface area (Å²) >= 11 is 0. The molecular weight excluding hydrogens is 320 g/mol. The van der Waals surface area contributed by atoms with E-state index < -0.39 is 5.91 Å². The second-order valence-electron chi connectivity index (χ2n) is 4.98. The normalized spacial score (nSPS) is 9.76. The molecule has 0 saturated carbocycles. The third-order valence-corrected chi connectivity index (χ3v) is 3.12.